The van der Waals surface area contributed by atoms with Crippen LogP contribution in [-0.2, 0) is 19.1 Å². The maximum Gasteiger partial charge on any atom is 0.242 e. The van der Waals surface area contributed by atoms with E-state index in [-0.39, 0.29) is 21.6 Å². The van der Waals surface area contributed by atoms with Gasteiger partial charge in [0.05, 0.1) is 36.3 Å². The number of nitriles is 1. The van der Waals surface area contributed by atoms with E-state index < -0.39 is 28.6 Å². The zero-order chi connectivity index (χ0) is 24.8. The van der Waals surface area contributed by atoms with Gasteiger partial charge in [-0.25, -0.2) is 4.90 Å². The van der Waals surface area contributed by atoms with Gasteiger partial charge in [0.2, 0.25) is 17.7 Å². The third kappa shape index (κ3) is 3.32. The molecule has 2 aliphatic heterocycles. The Labute approximate surface area is 207 Å². The van der Waals surface area contributed by atoms with Gasteiger partial charge in [0.1, 0.15) is 5.41 Å². The number of piperidine rings is 1. The van der Waals surface area contributed by atoms with Crippen LogP contribution in [0.5, 0.6) is 0 Å². The number of hydrogen-bond acceptors (Lipinski definition) is 5. The SMILES string of the molecule is C=C(/C=C\C(C#N)=C/C)[C@]1(C(=O)N2CCOCC2)[C@@H]2C(=O)N(c3cc(Cl)cc(Cl)c3)C(=O)[C@@]21C. The summed E-state index contributed by atoms with van der Waals surface area (Å²) in [6.45, 7) is 8.90. The van der Waals surface area contributed by atoms with E-state index in [4.69, 9.17) is 27.9 Å². The second kappa shape index (κ2) is 8.70. The highest BCUT2D eigenvalue weighted by molar-refractivity contribution is 6.36. The third-order valence-electron chi connectivity index (χ3n) is 7.01. The topological polar surface area (TPSA) is 90.7 Å². The molecule has 1 aliphatic carbocycles. The highest BCUT2D eigenvalue weighted by Gasteiger charge is 2.90. The number of amides is 3. The van der Waals surface area contributed by atoms with Crippen molar-refractivity contribution in [3.63, 3.8) is 0 Å². The van der Waals surface area contributed by atoms with Crippen molar-refractivity contribution in [1.29, 1.82) is 5.26 Å². The molecule has 3 fully saturated rings. The normalized spacial score (nSPS) is 28.8. The number of benzene rings is 1. The monoisotopic (exact) mass is 499 g/mol. The molecule has 176 valence electrons. The lowest BCUT2D eigenvalue weighted by Crippen LogP contribution is -2.50. The molecule has 7 nitrogen and oxygen atoms in total. The number of fused-ring (bicyclic) bond motifs is 1. The fourth-order valence-corrected chi connectivity index (χ4v) is 5.77. The molecule has 2 heterocycles. The maximum absolute atomic E-state index is 13.9. The maximum atomic E-state index is 13.9. The number of halogens is 2. The lowest BCUT2D eigenvalue weighted by atomic mass is 9.83. The summed E-state index contributed by atoms with van der Waals surface area (Å²) in [4.78, 5) is 44.0. The highest BCUT2D eigenvalue weighted by atomic mass is 35.5. The average molecular weight is 500 g/mol. The van der Waals surface area contributed by atoms with Gasteiger partial charge in [-0.1, -0.05) is 41.9 Å². The number of rotatable bonds is 5. The molecule has 1 aromatic rings. The number of carbonyl (C=O) groups excluding carboxylic acids is 3. The molecule has 9 heteroatoms. The molecule has 3 atom stereocenters. The molecule has 1 saturated carbocycles. The van der Waals surface area contributed by atoms with Crippen molar-refractivity contribution < 1.29 is 19.1 Å². The Morgan fingerprint density at radius 3 is 2.32 bits per heavy atom. The van der Waals surface area contributed by atoms with Crippen molar-refractivity contribution in [2.24, 2.45) is 16.7 Å². The van der Waals surface area contributed by atoms with Gasteiger partial charge in [-0.15, -0.1) is 0 Å². The number of nitrogens with zero attached hydrogens (tertiary/aromatic N) is 3. The minimum atomic E-state index is -1.44. The minimum absolute atomic E-state index is 0.260. The largest absolute Gasteiger partial charge is 0.378 e. The van der Waals surface area contributed by atoms with Crippen molar-refractivity contribution in [2.75, 3.05) is 31.2 Å². The Hall–Kier alpha value is -2.92. The summed E-state index contributed by atoms with van der Waals surface area (Å²) in [7, 11) is 0. The predicted molar refractivity (Wildman–Crippen MR) is 128 cm³/mol. The van der Waals surface area contributed by atoms with Gasteiger partial charge in [-0.3, -0.25) is 14.4 Å². The molecular formula is C25H23Cl2N3O4. The average Bonchev–Trinajstić information content (AvgIpc) is 3.33. The van der Waals surface area contributed by atoms with Gasteiger partial charge in [0.15, 0.2) is 0 Å². The molecule has 1 aromatic carbocycles. The van der Waals surface area contributed by atoms with Crippen molar-refractivity contribution in [1.82, 2.24) is 4.90 Å². The van der Waals surface area contributed by atoms with Gasteiger partial charge in [-0.2, -0.15) is 5.26 Å². The number of allylic oxidation sites excluding steroid dienone is 4. The van der Waals surface area contributed by atoms with Crippen LogP contribution in [0.25, 0.3) is 0 Å². The molecule has 0 aromatic heterocycles. The second-order valence-electron chi connectivity index (χ2n) is 8.67. The number of ether oxygens (including phenoxy) is 1. The first kappa shape index (κ1) is 24.2. The fraction of sp³-hybridized carbons (Fsp3) is 0.360. The summed E-state index contributed by atoms with van der Waals surface area (Å²) in [6, 6.07) is 6.53. The quantitative estimate of drug-likeness (QED) is 0.347. The molecule has 0 bridgehead atoms. The first-order valence-corrected chi connectivity index (χ1v) is 11.6. The van der Waals surface area contributed by atoms with Crippen LogP contribution in [0, 0.1) is 28.1 Å². The van der Waals surface area contributed by atoms with Crippen molar-refractivity contribution >= 4 is 46.6 Å². The van der Waals surface area contributed by atoms with E-state index in [0.29, 0.717) is 37.4 Å². The fourth-order valence-electron chi connectivity index (χ4n) is 5.26. The highest BCUT2D eigenvalue weighted by Crippen LogP contribution is 2.77. The van der Waals surface area contributed by atoms with Gasteiger partial charge >= 0.3 is 0 Å². The molecule has 34 heavy (non-hydrogen) atoms. The van der Waals surface area contributed by atoms with E-state index in [1.165, 1.54) is 24.3 Å². The molecule has 0 N–H and O–H groups in total. The summed E-state index contributed by atoms with van der Waals surface area (Å²) in [5.41, 5.74) is -1.83. The van der Waals surface area contributed by atoms with Crippen molar-refractivity contribution in [3.05, 3.63) is 64.2 Å². The van der Waals surface area contributed by atoms with Crippen LogP contribution in [0.4, 0.5) is 5.69 Å². The van der Waals surface area contributed by atoms with Crippen LogP contribution >= 0.6 is 23.2 Å². The van der Waals surface area contributed by atoms with Crippen molar-refractivity contribution in [3.8, 4) is 6.07 Å². The lowest BCUT2D eigenvalue weighted by molar-refractivity contribution is -0.145. The summed E-state index contributed by atoms with van der Waals surface area (Å²) < 4.78 is 5.37. The summed E-state index contributed by atoms with van der Waals surface area (Å²) in [5, 5.41) is 9.82. The first-order valence-electron chi connectivity index (χ1n) is 10.8. The molecule has 0 spiro atoms. The van der Waals surface area contributed by atoms with Gasteiger partial charge in [-0.05, 0) is 43.7 Å². The summed E-state index contributed by atoms with van der Waals surface area (Å²) in [5.74, 6) is -2.28. The predicted octanol–water partition coefficient (Wildman–Crippen LogP) is 3.93. The Morgan fingerprint density at radius 1 is 1.21 bits per heavy atom. The standard InChI is InChI=1S/C25H23Cl2N3O4/c1-4-16(14-28)6-5-15(2)25(23(33)29-7-9-34-10-8-29)20-21(31)30(22(32)24(20,25)3)19-12-17(26)11-18(27)13-19/h4-6,11-13,20H,2,7-10H2,1,3H3/b6-5-,16-4+/t20-,24-,25-/m1/s1. The van der Waals surface area contributed by atoms with Gasteiger partial charge in [0, 0.05) is 28.7 Å². The van der Waals surface area contributed by atoms with Crippen LogP contribution in [0.3, 0.4) is 0 Å². The van der Waals surface area contributed by atoms with E-state index in [9.17, 15) is 19.6 Å². The molecule has 4 rings (SSSR count). The molecule has 3 aliphatic rings. The number of hydrogen-bond donors (Lipinski definition) is 0. The van der Waals surface area contributed by atoms with E-state index in [2.05, 4.69) is 6.58 Å². The van der Waals surface area contributed by atoms with Crippen LogP contribution in [-0.4, -0.2) is 48.9 Å². The molecule has 0 unspecified atom stereocenters. The Morgan fingerprint density at radius 2 is 1.82 bits per heavy atom. The second-order valence-corrected chi connectivity index (χ2v) is 9.54. The Kier molecular flexibility index (Phi) is 6.19. The van der Waals surface area contributed by atoms with Crippen LogP contribution in [0.2, 0.25) is 10.0 Å². The molecule has 3 amide bonds. The van der Waals surface area contributed by atoms with Crippen molar-refractivity contribution in [2.45, 2.75) is 13.8 Å². The Bertz CT molecular complexity index is 1190. The van der Waals surface area contributed by atoms with E-state index >= 15 is 0 Å². The van der Waals surface area contributed by atoms with E-state index in [1.807, 2.05) is 6.07 Å². The number of anilines is 1. The third-order valence-corrected chi connectivity index (χ3v) is 7.45. The Balaban J connectivity index is 1.78. The first-order chi connectivity index (χ1) is 16.1. The molecule has 0 radical (unpaired) electrons. The lowest BCUT2D eigenvalue weighted by Gasteiger charge is -2.35. The minimum Gasteiger partial charge on any atom is -0.378 e. The number of morpholine rings is 1. The van der Waals surface area contributed by atoms with Crippen LogP contribution in [0.1, 0.15) is 13.8 Å². The molecule has 2 saturated heterocycles. The zero-order valence-electron chi connectivity index (χ0n) is 18.8. The van der Waals surface area contributed by atoms with E-state index in [0.717, 1.165) is 4.90 Å². The number of carbonyl (C=O) groups is 3. The summed E-state index contributed by atoms with van der Waals surface area (Å²) >= 11 is 12.2. The zero-order valence-corrected chi connectivity index (χ0v) is 20.3. The van der Waals surface area contributed by atoms with Gasteiger partial charge in [0.25, 0.3) is 0 Å². The van der Waals surface area contributed by atoms with Gasteiger partial charge < -0.3 is 9.64 Å². The number of imide groups is 1. The summed E-state index contributed by atoms with van der Waals surface area (Å²) in [6.07, 6.45) is 4.72. The van der Waals surface area contributed by atoms with Crippen LogP contribution < -0.4 is 4.90 Å². The molecular weight excluding hydrogens is 477 g/mol. The van der Waals surface area contributed by atoms with Crippen LogP contribution in [0.15, 0.2) is 54.2 Å². The van der Waals surface area contributed by atoms with E-state index in [1.54, 1.807) is 30.9 Å². The smallest absolute Gasteiger partial charge is 0.242 e.